The third-order valence-electron chi connectivity index (χ3n) is 5.97. The Hall–Kier alpha value is -2.37. The quantitative estimate of drug-likeness (QED) is 0.846. The summed E-state index contributed by atoms with van der Waals surface area (Å²) in [6.45, 7) is 6.97. The molecule has 0 bridgehead atoms. The number of nitrogens with one attached hydrogen (secondary N) is 2. The van der Waals surface area contributed by atoms with Gasteiger partial charge < -0.3 is 15.5 Å². The zero-order valence-electron chi connectivity index (χ0n) is 15.6. The number of carbonyl (C=O) groups is 1. The third kappa shape index (κ3) is 3.22. The van der Waals surface area contributed by atoms with Crippen molar-refractivity contribution in [3.05, 3.63) is 53.4 Å². The van der Waals surface area contributed by atoms with Crippen LogP contribution < -0.4 is 15.5 Å². The van der Waals surface area contributed by atoms with E-state index in [9.17, 15) is 13.6 Å². The first-order chi connectivity index (χ1) is 12.9. The Morgan fingerprint density at radius 3 is 2.44 bits per heavy atom. The number of allylic oxidation sites excluding steroid dienone is 2. The molecule has 1 aromatic rings. The zero-order chi connectivity index (χ0) is 19.2. The molecule has 144 valence electrons. The largest absolute Gasteiger partial charge is 0.383 e. The van der Waals surface area contributed by atoms with E-state index in [4.69, 9.17) is 0 Å². The normalized spacial score (nSPS) is 24.0. The first-order valence-corrected chi connectivity index (χ1v) is 9.54. The summed E-state index contributed by atoms with van der Waals surface area (Å²) in [5, 5.41) is 6.04. The summed E-state index contributed by atoms with van der Waals surface area (Å²) in [5.41, 5.74) is 2.51. The minimum absolute atomic E-state index is 0.110. The number of piperidine rings is 1. The molecule has 6 heteroatoms. The van der Waals surface area contributed by atoms with E-state index in [1.54, 1.807) is 6.20 Å². The lowest BCUT2D eigenvalue weighted by Gasteiger charge is -2.49. The highest BCUT2D eigenvalue weighted by molar-refractivity contribution is 5.86. The molecule has 1 atom stereocenters. The van der Waals surface area contributed by atoms with Gasteiger partial charge in [0.15, 0.2) is 0 Å². The van der Waals surface area contributed by atoms with E-state index in [0.29, 0.717) is 31.6 Å². The molecule has 0 spiro atoms. The summed E-state index contributed by atoms with van der Waals surface area (Å²) < 4.78 is 29.5. The minimum Gasteiger partial charge on any atom is -0.383 e. The number of nitrogens with zero attached hydrogens (tertiary/aromatic N) is 1. The van der Waals surface area contributed by atoms with Crippen molar-refractivity contribution in [3.8, 4) is 0 Å². The molecular weight excluding hydrogens is 348 g/mol. The number of hydrogen-bond donors (Lipinski definition) is 2. The highest BCUT2D eigenvalue weighted by atomic mass is 19.1. The Morgan fingerprint density at radius 1 is 1.26 bits per heavy atom. The Kier molecular flexibility index (Phi) is 4.44. The van der Waals surface area contributed by atoms with Crippen LogP contribution in [0.4, 0.5) is 14.5 Å². The van der Waals surface area contributed by atoms with E-state index < -0.39 is 17.6 Å². The molecule has 2 aliphatic heterocycles. The summed E-state index contributed by atoms with van der Waals surface area (Å²) in [4.78, 5) is 14.4. The van der Waals surface area contributed by atoms with Gasteiger partial charge >= 0.3 is 0 Å². The Morgan fingerprint density at radius 2 is 1.93 bits per heavy atom. The van der Waals surface area contributed by atoms with Gasteiger partial charge in [0.05, 0.1) is 11.5 Å². The summed E-state index contributed by atoms with van der Waals surface area (Å²) >= 11 is 0. The van der Waals surface area contributed by atoms with E-state index in [2.05, 4.69) is 17.2 Å². The first-order valence-electron chi connectivity index (χ1n) is 9.54. The highest BCUT2D eigenvalue weighted by Crippen LogP contribution is 2.38. The van der Waals surface area contributed by atoms with Gasteiger partial charge in [-0.05, 0) is 57.4 Å². The van der Waals surface area contributed by atoms with Gasteiger partial charge in [0.1, 0.15) is 11.6 Å². The predicted octanol–water partition coefficient (Wildman–Crippen LogP) is 3.71. The van der Waals surface area contributed by atoms with Crippen LogP contribution in [0.25, 0.3) is 0 Å². The van der Waals surface area contributed by atoms with Gasteiger partial charge in [-0.2, -0.15) is 0 Å². The van der Waals surface area contributed by atoms with Crippen LogP contribution in [0.5, 0.6) is 0 Å². The number of halogens is 2. The Balaban J connectivity index is 1.51. The average molecular weight is 373 g/mol. The van der Waals surface area contributed by atoms with E-state index in [1.807, 2.05) is 11.8 Å². The maximum absolute atomic E-state index is 14.8. The molecule has 0 aromatic heterocycles. The maximum Gasteiger partial charge on any atom is 0.231 e. The SMILES string of the molecule is C=CNC1(C)CN(c2cc(F)c(C3CCC(=C4CCC4)NC3=O)c(F)c2)C1. The summed E-state index contributed by atoms with van der Waals surface area (Å²) in [5.74, 6) is -2.36. The lowest BCUT2D eigenvalue weighted by molar-refractivity contribution is -0.123. The van der Waals surface area contributed by atoms with Crippen molar-refractivity contribution in [1.82, 2.24) is 10.6 Å². The number of rotatable bonds is 4. The molecule has 1 aromatic carbocycles. The molecule has 1 saturated carbocycles. The number of carbonyl (C=O) groups excluding carboxylic acids is 1. The van der Waals surface area contributed by atoms with Gasteiger partial charge in [-0.25, -0.2) is 8.78 Å². The van der Waals surface area contributed by atoms with Crippen molar-refractivity contribution >= 4 is 11.6 Å². The van der Waals surface area contributed by atoms with Gasteiger partial charge in [-0.1, -0.05) is 12.2 Å². The second-order valence-electron chi connectivity index (χ2n) is 8.10. The molecule has 2 saturated heterocycles. The van der Waals surface area contributed by atoms with Crippen LogP contribution >= 0.6 is 0 Å². The summed E-state index contributed by atoms with van der Waals surface area (Å²) in [6.07, 6.45) is 5.95. The van der Waals surface area contributed by atoms with Crippen LogP contribution in [0, 0.1) is 11.6 Å². The zero-order valence-corrected chi connectivity index (χ0v) is 15.6. The molecule has 4 nitrogen and oxygen atoms in total. The fourth-order valence-electron chi connectivity index (χ4n) is 4.32. The average Bonchev–Trinajstić information content (AvgIpc) is 2.52. The Bertz CT molecular complexity index is 798. The van der Waals surface area contributed by atoms with E-state index in [-0.39, 0.29) is 17.0 Å². The highest BCUT2D eigenvalue weighted by Gasteiger charge is 2.39. The monoisotopic (exact) mass is 373 g/mol. The molecule has 1 amide bonds. The molecule has 0 radical (unpaired) electrons. The van der Waals surface area contributed by atoms with Crippen LogP contribution in [0.15, 0.2) is 36.2 Å². The number of amides is 1. The van der Waals surface area contributed by atoms with E-state index in [1.165, 1.54) is 17.7 Å². The lowest BCUT2D eigenvalue weighted by atomic mass is 9.83. The van der Waals surface area contributed by atoms with Gasteiger partial charge in [0.2, 0.25) is 5.91 Å². The second kappa shape index (κ2) is 6.66. The first kappa shape index (κ1) is 18.0. The number of anilines is 1. The molecule has 1 aliphatic carbocycles. The van der Waals surface area contributed by atoms with Gasteiger partial charge in [0.25, 0.3) is 0 Å². The number of hydrogen-bond acceptors (Lipinski definition) is 3. The van der Waals surface area contributed by atoms with Gasteiger partial charge in [0, 0.05) is 30.0 Å². The summed E-state index contributed by atoms with van der Waals surface area (Å²) in [6, 6.07) is 2.69. The van der Waals surface area contributed by atoms with Crippen molar-refractivity contribution in [1.29, 1.82) is 0 Å². The predicted molar refractivity (Wildman–Crippen MR) is 101 cm³/mol. The molecular formula is C21H25F2N3O. The van der Waals surface area contributed by atoms with Crippen molar-refractivity contribution in [3.63, 3.8) is 0 Å². The molecule has 3 fully saturated rings. The Labute approximate surface area is 158 Å². The number of benzene rings is 1. The lowest BCUT2D eigenvalue weighted by Crippen LogP contribution is -2.66. The van der Waals surface area contributed by atoms with Crippen LogP contribution in [-0.4, -0.2) is 24.5 Å². The van der Waals surface area contributed by atoms with Crippen LogP contribution in [-0.2, 0) is 4.79 Å². The van der Waals surface area contributed by atoms with Crippen LogP contribution in [0.1, 0.15) is 50.5 Å². The maximum atomic E-state index is 14.8. The van der Waals surface area contributed by atoms with Crippen molar-refractivity contribution in [2.45, 2.75) is 50.5 Å². The van der Waals surface area contributed by atoms with Crippen molar-refractivity contribution < 1.29 is 13.6 Å². The standard InChI is InChI=1S/C21H25F2N3O/c1-3-24-21(2)11-26(12-21)14-9-16(22)19(17(23)10-14)15-7-8-18(25-20(15)27)13-5-4-6-13/h3,9-10,15,24H,1,4-8,11-12H2,2H3,(H,25,27). The second-order valence-corrected chi connectivity index (χ2v) is 8.10. The smallest absolute Gasteiger partial charge is 0.231 e. The topological polar surface area (TPSA) is 44.4 Å². The van der Waals surface area contributed by atoms with Crippen molar-refractivity contribution in [2.24, 2.45) is 0 Å². The molecule has 3 aliphatic rings. The molecule has 2 heterocycles. The van der Waals surface area contributed by atoms with E-state index in [0.717, 1.165) is 25.0 Å². The van der Waals surface area contributed by atoms with Crippen molar-refractivity contribution in [2.75, 3.05) is 18.0 Å². The summed E-state index contributed by atoms with van der Waals surface area (Å²) in [7, 11) is 0. The molecule has 4 rings (SSSR count). The van der Waals surface area contributed by atoms with Crippen LogP contribution in [0.3, 0.4) is 0 Å². The fourth-order valence-corrected chi connectivity index (χ4v) is 4.32. The third-order valence-corrected chi connectivity index (χ3v) is 5.97. The molecule has 2 N–H and O–H groups in total. The van der Waals surface area contributed by atoms with E-state index >= 15 is 0 Å². The fraction of sp³-hybridized carbons (Fsp3) is 0.476. The molecule has 27 heavy (non-hydrogen) atoms. The van der Waals surface area contributed by atoms with Gasteiger partial charge in [-0.3, -0.25) is 4.79 Å². The van der Waals surface area contributed by atoms with Crippen LogP contribution in [0.2, 0.25) is 0 Å². The minimum atomic E-state index is -0.771. The van der Waals surface area contributed by atoms with Gasteiger partial charge in [-0.15, -0.1) is 0 Å². The molecule has 1 unspecified atom stereocenters.